The van der Waals surface area contributed by atoms with E-state index in [0.29, 0.717) is 25.2 Å². The van der Waals surface area contributed by atoms with Crippen molar-refractivity contribution in [3.05, 3.63) is 94.8 Å². The first-order chi connectivity index (χ1) is 21.9. The molecule has 0 aliphatic rings. The van der Waals surface area contributed by atoms with Crippen molar-refractivity contribution in [2.75, 3.05) is 20.2 Å². The topological polar surface area (TPSA) is 123 Å². The number of aryl methyl sites for hydroxylation is 3. The fraction of sp³-hybridized carbons (Fsp3) is 0.432. The number of fused-ring (bicyclic) bond motifs is 1. The number of amides is 1. The summed E-state index contributed by atoms with van der Waals surface area (Å²) in [6, 6.07) is 21.6. The zero-order valence-electron chi connectivity index (χ0n) is 27.1. The molecule has 0 radical (unpaired) electrons. The number of aromatic nitrogens is 2. The summed E-state index contributed by atoms with van der Waals surface area (Å²) in [5.74, 6) is 1.81. The molecule has 0 fully saturated rings. The monoisotopic (exact) mass is 610 g/mol. The van der Waals surface area contributed by atoms with Crippen LogP contribution in [0.4, 0.5) is 0 Å². The number of carbonyl (C=O) groups excluding carboxylic acids is 1. The summed E-state index contributed by atoms with van der Waals surface area (Å²) in [7, 11) is 1.64. The van der Waals surface area contributed by atoms with Crippen LogP contribution in [0.15, 0.2) is 66.7 Å². The van der Waals surface area contributed by atoms with Crippen LogP contribution >= 0.6 is 0 Å². The molecular weight excluding hydrogens is 560 g/mol. The first-order valence-electron chi connectivity index (χ1n) is 16.5. The summed E-state index contributed by atoms with van der Waals surface area (Å²) in [6.07, 6.45) is 11.7. The molecule has 0 saturated carbocycles. The first-order valence-corrected chi connectivity index (χ1v) is 16.5. The smallest absolute Gasteiger partial charge is 0.254 e. The molecule has 0 unspecified atom stereocenters. The molecule has 240 valence electrons. The number of ether oxygens (including phenoxy) is 1. The summed E-state index contributed by atoms with van der Waals surface area (Å²) < 4.78 is 7.72. The number of nitrogens with zero attached hydrogens (tertiary/aromatic N) is 3. The average Bonchev–Trinajstić information content (AvgIpc) is 3.41. The Balaban J connectivity index is 1.53. The van der Waals surface area contributed by atoms with Gasteiger partial charge in [-0.05, 0) is 54.3 Å². The minimum absolute atomic E-state index is 0.0603. The number of methoxy groups -OCH3 is 1. The molecule has 0 aliphatic heterocycles. The summed E-state index contributed by atoms with van der Waals surface area (Å²) >= 11 is 0. The van der Waals surface area contributed by atoms with Crippen molar-refractivity contribution in [1.29, 1.82) is 5.41 Å². The van der Waals surface area contributed by atoms with Crippen LogP contribution in [0, 0.1) is 5.41 Å². The molecule has 45 heavy (non-hydrogen) atoms. The number of hydrogen-bond donors (Lipinski definition) is 3. The molecule has 5 N–H and O–H groups in total. The Morgan fingerprint density at radius 2 is 1.60 bits per heavy atom. The molecule has 8 nitrogen and oxygen atoms in total. The van der Waals surface area contributed by atoms with Crippen molar-refractivity contribution in [2.45, 2.75) is 84.2 Å². The Labute approximate surface area is 268 Å². The van der Waals surface area contributed by atoms with Crippen LogP contribution in [0.1, 0.15) is 91.2 Å². The standard InChI is InChI=1S/C37H50N6O2/c1-3-4-5-6-7-8-9-10-23-43-34-20-19-31(37(44)42(24-22-38)27-29-12-11-13-32(25-29)45-2)26-33(34)41-35(43)21-16-28-14-17-30(18-15-28)36(39)40/h11-15,17-20,25-26H,3-10,16,21-24,27,38H2,1-2H3,(H3,39,40). The summed E-state index contributed by atoms with van der Waals surface area (Å²) in [6.45, 7) is 4.45. The zero-order chi connectivity index (χ0) is 32.0. The summed E-state index contributed by atoms with van der Waals surface area (Å²) in [5.41, 5.74) is 17.0. The van der Waals surface area contributed by atoms with E-state index in [2.05, 4.69) is 17.6 Å². The summed E-state index contributed by atoms with van der Waals surface area (Å²) in [4.78, 5) is 20.6. The van der Waals surface area contributed by atoms with Gasteiger partial charge in [0.25, 0.3) is 5.91 Å². The molecule has 4 rings (SSSR count). The Kier molecular flexibility index (Phi) is 13.0. The maximum atomic E-state index is 13.7. The number of imidazole rings is 1. The number of nitrogens with one attached hydrogen (secondary N) is 1. The Bertz CT molecular complexity index is 1530. The third-order valence-electron chi connectivity index (χ3n) is 8.41. The van der Waals surface area contributed by atoms with E-state index in [4.69, 9.17) is 26.6 Å². The number of unbranched alkanes of at least 4 members (excludes halogenated alkanes) is 7. The lowest BCUT2D eigenvalue weighted by atomic mass is 10.1. The quantitative estimate of drug-likeness (QED) is 0.0608. The average molecular weight is 611 g/mol. The van der Waals surface area contributed by atoms with E-state index < -0.39 is 0 Å². The lowest BCUT2D eigenvalue weighted by molar-refractivity contribution is 0.0748. The fourth-order valence-corrected chi connectivity index (χ4v) is 5.85. The van der Waals surface area contributed by atoms with Gasteiger partial charge in [0, 0.05) is 43.7 Å². The molecule has 1 aromatic heterocycles. The molecule has 0 saturated heterocycles. The largest absolute Gasteiger partial charge is 0.497 e. The second kappa shape index (κ2) is 17.4. The number of hydrogen-bond acceptors (Lipinski definition) is 5. The van der Waals surface area contributed by atoms with E-state index in [9.17, 15) is 4.79 Å². The second-order valence-electron chi connectivity index (χ2n) is 11.8. The number of nitrogen functional groups attached to an aromatic ring is 1. The SMILES string of the molecule is CCCCCCCCCCn1c(CCc2ccc(C(=N)N)cc2)nc2cc(C(=O)N(CCN)Cc3cccc(OC)c3)ccc21. The van der Waals surface area contributed by atoms with Gasteiger partial charge in [0.1, 0.15) is 17.4 Å². The number of rotatable bonds is 19. The van der Waals surface area contributed by atoms with Crippen LogP contribution in [0.3, 0.4) is 0 Å². The highest BCUT2D eigenvalue weighted by Gasteiger charge is 2.19. The van der Waals surface area contributed by atoms with Gasteiger partial charge in [0.2, 0.25) is 0 Å². The van der Waals surface area contributed by atoms with Gasteiger partial charge in [-0.25, -0.2) is 4.98 Å². The van der Waals surface area contributed by atoms with Gasteiger partial charge in [-0.15, -0.1) is 0 Å². The van der Waals surface area contributed by atoms with E-state index >= 15 is 0 Å². The summed E-state index contributed by atoms with van der Waals surface area (Å²) in [5, 5.41) is 7.66. The Morgan fingerprint density at radius 1 is 0.889 bits per heavy atom. The predicted molar refractivity (Wildman–Crippen MR) is 184 cm³/mol. The van der Waals surface area contributed by atoms with Crippen molar-refractivity contribution in [3.8, 4) is 5.75 Å². The third-order valence-corrected chi connectivity index (χ3v) is 8.41. The first kappa shape index (κ1) is 33.7. The van der Waals surface area contributed by atoms with Gasteiger partial charge in [-0.2, -0.15) is 0 Å². The lowest BCUT2D eigenvalue weighted by Crippen LogP contribution is -2.34. The normalized spacial score (nSPS) is 11.2. The van der Waals surface area contributed by atoms with Crippen LogP contribution in [0.5, 0.6) is 5.75 Å². The van der Waals surface area contributed by atoms with Gasteiger partial charge < -0.3 is 25.7 Å². The van der Waals surface area contributed by atoms with Gasteiger partial charge in [0.15, 0.2) is 0 Å². The van der Waals surface area contributed by atoms with Crippen molar-refractivity contribution in [2.24, 2.45) is 11.5 Å². The molecule has 8 heteroatoms. The maximum absolute atomic E-state index is 13.7. The van der Waals surface area contributed by atoms with Crippen molar-refractivity contribution < 1.29 is 9.53 Å². The third kappa shape index (κ3) is 9.66. The lowest BCUT2D eigenvalue weighted by Gasteiger charge is -2.22. The molecule has 3 aromatic carbocycles. The van der Waals surface area contributed by atoms with Crippen LogP contribution in [-0.4, -0.2) is 46.4 Å². The van der Waals surface area contributed by atoms with Crippen LogP contribution < -0.4 is 16.2 Å². The minimum Gasteiger partial charge on any atom is -0.497 e. The molecule has 0 spiro atoms. The molecule has 0 aliphatic carbocycles. The highest BCUT2D eigenvalue weighted by Crippen LogP contribution is 2.23. The second-order valence-corrected chi connectivity index (χ2v) is 11.8. The van der Waals surface area contributed by atoms with E-state index in [1.165, 1.54) is 50.5 Å². The van der Waals surface area contributed by atoms with Crippen LogP contribution in [0.2, 0.25) is 0 Å². The zero-order valence-corrected chi connectivity index (χ0v) is 27.1. The van der Waals surface area contributed by atoms with Gasteiger partial charge in [-0.3, -0.25) is 10.2 Å². The van der Waals surface area contributed by atoms with Crippen LogP contribution in [0.25, 0.3) is 11.0 Å². The molecule has 0 atom stereocenters. The van der Waals surface area contributed by atoms with E-state index in [0.717, 1.165) is 59.5 Å². The van der Waals surface area contributed by atoms with Crippen molar-refractivity contribution >= 4 is 22.8 Å². The Hall–Kier alpha value is -4.17. The maximum Gasteiger partial charge on any atom is 0.254 e. The number of benzene rings is 3. The molecule has 1 heterocycles. The number of nitrogens with two attached hydrogens (primary N) is 2. The molecular formula is C37H50N6O2. The highest BCUT2D eigenvalue weighted by atomic mass is 16.5. The molecule has 4 aromatic rings. The van der Waals surface area contributed by atoms with E-state index in [-0.39, 0.29) is 11.7 Å². The van der Waals surface area contributed by atoms with Gasteiger partial charge >= 0.3 is 0 Å². The Morgan fingerprint density at radius 3 is 2.29 bits per heavy atom. The number of amidine groups is 1. The van der Waals surface area contributed by atoms with E-state index in [1.807, 2.05) is 60.7 Å². The van der Waals surface area contributed by atoms with E-state index in [1.54, 1.807) is 12.0 Å². The fourth-order valence-electron chi connectivity index (χ4n) is 5.85. The van der Waals surface area contributed by atoms with Crippen molar-refractivity contribution in [1.82, 2.24) is 14.5 Å². The van der Waals surface area contributed by atoms with Crippen molar-refractivity contribution in [3.63, 3.8) is 0 Å². The van der Waals surface area contributed by atoms with Gasteiger partial charge in [0.05, 0.1) is 18.1 Å². The highest BCUT2D eigenvalue weighted by molar-refractivity contribution is 5.97. The minimum atomic E-state index is -0.0603. The molecule has 0 bridgehead atoms. The van der Waals surface area contributed by atoms with Crippen LogP contribution in [-0.2, 0) is 25.9 Å². The molecule has 1 amide bonds. The predicted octanol–water partition coefficient (Wildman–Crippen LogP) is 6.86. The van der Waals surface area contributed by atoms with Gasteiger partial charge in [-0.1, -0.05) is 88.3 Å². The number of carbonyl (C=O) groups is 1.